The van der Waals surface area contributed by atoms with Crippen LogP contribution in [0.3, 0.4) is 0 Å². The van der Waals surface area contributed by atoms with Crippen molar-refractivity contribution in [2.45, 2.75) is 380 Å². The van der Waals surface area contributed by atoms with E-state index in [1.807, 2.05) is 0 Å². The molecule has 0 saturated heterocycles. The smallest absolute Gasteiger partial charge is 0.306 e. The fraction of sp³-hybridized carbons (Fsp3) is 0.871. The van der Waals surface area contributed by atoms with Crippen molar-refractivity contribution in [3.8, 4) is 0 Å². The van der Waals surface area contributed by atoms with E-state index in [-0.39, 0.29) is 31.1 Å². The Morgan fingerprint density at radius 2 is 0.474 bits per heavy atom. The number of hydrogen-bond acceptors (Lipinski definition) is 6. The van der Waals surface area contributed by atoms with Gasteiger partial charge in [0.05, 0.1) is 0 Å². The summed E-state index contributed by atoms with van der Waals surface area (Å²) in [6.07, 6.45) is 80.8. The van der Waals surface area contributed by atoms with Gasteiger partial charge in [0.2, 0.25) is 0 Å². The van der Waals surface area contributed by atoms with Crippen LogP contribution in [0.5, 0.6) is 0 Å². The number of allylic oxidation sites excluding steroid dienone is 6. The molecule has 0 aliphatic heterocycles. The van der Waals surface area contributed by atoms with E-state index in [2.05, 4.69) is 57.2 Å². The van der Waals surface area contributed by atoms with Crippen molar-refractivity contribution in [3.63, 3.8) is 0 Å². The Morgan fingerprint density at radius 3 is 0.737 bits per heavy atom. The Balaban J connectivity index is 3.94. The summed E-state index contributed by atoms with van der Waals surface area (Å²) in [4.78, 5) is 38.0. The molecule has 0 saturated carbocycles. The highest BCUT2D eigenvalue weighted by Gasteiger charge is 2.19. The first-order valence-corrected chi connectivity index (χ1v) is 34.0. The fourth-order valence-corrected chi connectivity index (χ4v) is 10.3. The van der Waals surface area contributed by atoms with E-state index >= 15 is 0 Å². The molecule has 0 bridgehead atoms. The maximum atomic E-state index is 12.8. The number of esters is 3. The van der Waals surface area contributed by atoms with Crippen molar-refractivity contribution in [2.24, 2.45) is 0 Å². The first-order chi connectivity index (χ1) is 37.5. The molecule has 0 aromatic carbocycles. The molecule has 0 spiro atoms. The Bertz CT molecular complexity index is 1270. The average molecular weight is 1070 g/mol. The van der Waals surface area contributed by atoms with Crippen LogP contribution in [0, 0.1) is 0 Å². The molecule has 446 valence electrons. The van der Waals surface area contributed by atoms with E-state index in [1.165, 1.54) is 257 Å². The lowest BCUT2D eigenvalue weighted by Crippen LogP contribution is -2.30. The molecular formula is C70H130O6. The van der Waals surface area contributed by atoms with Crippen LogP contribution in [0.25, 0.3) is 0 Å². The highest BCUT2D eigenvalue weighted by atomic mass is 16.6. The van der Waals surface area contributed by atoms with Crippen LogP contribution in [0.15, 0.2) is 36.5 Å². The lowest BCUT2D eigenvalue weighted by Gasteiger charge is -2.18. The van der Waals surface area contributed by atoms with Gasteiger partial charge in [-0.05, 0) is 57.8 Å². The van der Waals surface area contributed by atoms with Crippen molar-refractivity contribution < 1.29 is 28.6 Å². The van der Waals surface area contributed by atoms with Crippen LogP contribution in [-0.4, -0.2) is 37.2 Å². The first-order valence-electron chi connectivity index (χ1n) is 34.0. The van der Waals surface area contributed by atoms with Crippen LogP contribution in [-0.2, 0) is 28.6 Å². The van der Waals surface area contributed by atoms with Crippen molar-refractivity contribution in [3.05, 3.63) is 36.5 Å². The zero-order valence-corrected chi connectivity index (χ0v) is 51.3. The molecule has 6 heteroatoms. The monoisotopic (exact) mass is 1070 g/mol. The minimum Gasteiger partial charge on any atom is -0.462 e. The molecule has 0 aliphatic carbocycles. The molecule has 1 unspecified atom stereocenters. The minimum atomic E-state index is -0.765. The Hall–Kier alpha value is -2.37. The standard InChI is InChI=1S/C70H130O6/c1-4-7-10-13-15-17-19-21-23-25-27-29-31-32-33-34-35-36-37-38-39-41-42-44-46-48-50-52-54-57-60-63-69(72)75-66-67(65-74-68(71)62-59-56-12-9-6-3)76-70(73)64-61-58-55-53-51-49-47-45-43-40-30-28-26-24-22-20-18-16-14-11-8-5-2/h19,21,25,27,31-32,67H,4-18,20,22-24,26,28-30,33-66H2,1-3H3/b21-19-,27-25-,32-31-. The second-order valence-corrected chi connectivity index (χ2v) is 23.1. The molecule has 0 amide bonds. The van der Waals surface area contributed by atoms with Gasteiger partial charge in [-0.15, -0.1) is 0 Å². The predicted octanol–water partition coefficient (Wildman–Crippen LogP) is 23.2. The van der Waals surface area contributed by atoms with E-state index in [9.17, 15) is 14.4 Å². The molecule has 0 aliphatic rings. The van der Waals surface area contributed by atoms with Gasteiger partial charge in [-0.25, -0.2) is 0 Å². The molecule has 0 rings (SSSR count). The van der Waals surface area contributed by atoms with E-state index < -0.39 is 6.10 Å². The van der Waals surface area contributed by atoms with Crippen LogP contribution in [0.1, 0.15) is 374 Å². The summed E-state index contributed by atoms with van der Waals surface area (Å²) < 4.78 is 16.8. The molecule has 1 atom stereocenters. The van der Waals surface area contributed by atoms with Crippen molar-refractivity contribution in [2.75, 3.05) is 13.2 Å². The average Bonchev–Trinajstić information content (AvgIpc) is 3.42. The third kappa shape index (κ3) is 62.5. The number of ether oxygens (including phenoxy) is 3. The maximum Gasteiger partial charge on any atom is 0.306 e. The normalized spacial score (nSPS) is 12.2. The summed E-state index contributed by atoms with van der Waals surface area (Å²) in [5.41, 5.74) is 0. The molecule has 0 N–H and O–H groups in total. The third-order valence-corrected chi connectivity index (χ3v) is 15.4. The molecular weight excluding hydrogens is 937 g/mol. The molecule has 6 nitrogen and oxygen atoms in total. The minimum absolute atomic E-state index is 0.0669. The Labute approximate surface area is 474 Å². The molecule has 0 fully saturated rings. The van der Waals surface area contributed by atoms with E-state index in [0.717, 1.165) is 77.0 Å². The van der Waals surface area contributed by atoms with E-state index in [0.29, 0.717) is 19.3 Å². The number of hydrogen-bond donors (Lipinski definition) is 0. The molecule has 0 aromatic heterocycles. The van der Waals surface area contributed by atoms with Crippen LogP contribution in [0.4, 0.5) is 0 Å². The maximum absolute atomic E-state index is 12.8. The summed E-state index contributed by atoms with van der Waals surface area (Å²) in [6, 6.07) is 0. The lowest BCUT2D eigenvalue weighted by molar-refractivity contribution is -0.167. The van der Waals surface area contributed by atoms with Gasteiger partial charge < -0.3 is 14.2 Å². The summed E-state index contributed by atoms with van der Waals surface area (Å²) in [6.45, 7) is 6.61. The zero-order chi connectivity index (χ0) is 55.0. The highest BCUT2D eigenvalue weighted by molar-refractivity contribution is 5.71. The lowest BCUT2D eigenvalue weighted by atomic mass is 10.0. The zero-order valence-electron chi connectivity index (χ0n) is 51.3. The van der Waals surface area contributed by atoms with Crippen LogP contribution in [0.2, 0.25) is 0 Å². The van der Waals surface area contributed by atoms with Gasteiger partial charge in [-0.2, -0.15) is 0 Å². The van der Waals surface area contributed by atoms with Crippen molar-refractivity contribution in [1.29, 1.82) is 0 Å². The summed E-state index contributed by atoms with van der Waals surface area (Å²) in [7, 11) is 0. The quantitative estimate of drug-likeness (QED) is 0.0261. The third-order valence-electron chi connectivity index (χ3n) is 15.4. The molecule has 0 aromatic rings. The Kier molecular flexibility index (Phi) is 63.1. The fourth-order valence-electron chi connectivity index (χ4n) is 10.3. The van der Waals surface area contributed by atoms with E-state index in [1.54, 1.807) is 0 Å². The topological polar surface area (TPSA) is 78.9 Å². The number of carbonyl (C=O) groups excluding carboxylic acids is 3. The van der Waals surface area contributed by atoms with Crippen molar-refractivity contribution in [1.82, 2.24) is 0 Å². The summed E-state index contributed by atoms with van der Waals surface area (Å²) in [5, 5.41) is 0. The number of unbranched alkanes of at least 4 members (excludes halogenated alkanes) is 46. The molecule has 0 radical (unpaired) electrons. The van der Waals surface area contributed by atoms with Gasteiger partial charge in [0.15, 0.2) is 6.10 Å². The second-order valence-electron chi connectivity index (χ2n) is 23.1. The van der Waals surface area contributed by atoms with Gasteiger partial charge in [-0.3, -0.25) is 14.4 Å². The summed E-state index contributed by atoms with van der Waals surface area (Å²) >= 11 is 0. The van der Waals surface area contributed by atoms with Gasteiger partial charge in [0.25, 0.3) is 0 Å². The second kappa shape index (κ2) is 65.2. The SMILES string of the molecule is CCCCCCC/C=C\C/C=C\C/C=C\CCCCCCCCCCCCCCCCCCC(=O)OCC(COC(=O)CCCCCCC)OC(=O)CCCCCCCCCCCCCCCCCCCCCCCC. The number of rotatable bonds is 63. The highest BCUT2D eigenvalue weighted by Crippen LogP contribution is 2.18. The van der Waals surface area contributed by atoms with Gasteiger partial charge in [0, 0.05) is 19.3 Å². The number of carbonyl (C=O) groups is 3. The first kappa shape index (κ1) is 73.6. The Morgan fingerprint density at radius 1 is 0.263 bits per heavy atom. The van der Waals surface area contributed by atoms with Crippen LogP contribution < -0.4 is 0 Å². The molecule has 76 heavy (non-hydrogen) atoms. The van der Waals surface area contributed by atoms with Gasteiger partial charge in [0.1, 0.15) is 13.2 Å². The largest absolute Gasteiger partial charge is 0.462 e. The van der Waals surface area contributed by atoms with Crippen LogP contribution >= 0.6 is 0 Å². The van der Waals surface area contributed by atoms with Crippen molar-refractivity contribution >= 4 is 17.9 Å². The molecule has 0 heterocycles. The van der Waals surface area contributed by atoms with E-state index in [4.69, 9.17) is 14.2 Å². The van der Waals surface area contributed by atoms with Gasteiger partial charge >= 0.3 is 17.9 Å². The summed E-state index contributed by atoms with van der Waals surface area (Å²) in [5.74, 6) is -0.856. The predicted molar refractivity (Wildman–Crippen MR) is 330 cm³/mol. The van der Waals surface area contributed by atoms with Gasteiger partial charge in [-0.1, -0.05) is 333 Å².